The molecule has 0 aliphatic heterocycles. The third kappa shape index (κ3) is 2.79. The van der Waals surface area contributed by atoms with Crippen LogP contribution in [-0.4, -0.2) is 27.9 Å². The number of nitrogens with two attached hydrogens (primary N) is 1. The summed E-state index contributed by atoms with van der Waals surface area (Å²) in [6.45, 7) is 2.53. The van der Waals surface area contributed by atoms with Gasteiger partial charge in [0.15, 0.2) is 0 Å². The summed E-state index contributed by atoms with van der Waals surface area (Å²) in [5.74, 6) is -1.30. The van der Waals surface area contributed by atoms with E-state index in [2.05, 4.69) is 0 Å². The van der Waals surface area contributed by atoms with Crippen LogP contribution in [0.2, 0.25) is 0 Å². The van der Waals surface area contributed by atoms with E-state index >= 15 is 0 Å². The van der Waals surface area contributed by atoms with E-state index in [1.165, 1.54) is 34.7 Å². The van der Waals surface area contributed by atoms with Crippen molar-refractivity contribution in [2.45, 2.75) is 18.4 Å². The van der Waals surface area contributed by atoms with E-state index in [9.17, 15) is 14.0 Å². The second-order valence-electron chi connectivity index (χ2n) is 4.37. The average molecular weight is 310 g/mol. The van der Waals surface area contributed by atoms with Gasteiger partial charge in [-0.2, -0.15) is 0 Å². The summed E-state index contributed by atoms with van der Waals surface area (Å²) < 4.78 is 15.6. The van der Waals surface area contributed by atoms with Crippen molar-refractivity contribution >= 4 is 28.6 Å². The maximum absolute atomic E-state index is 14.1. The molecule has 2 aromatic rings. The Labute approximate surface area is 124 Å². The second kappa shape index (κ2) is 6.28. The van der Waals surface area contributed by atoms with Gasteiger partial charge in [0, 0.05) is 29.9 Å². The predicted molar refractivity (Wildman–Crippen MR) is 80.6 cm³/mol. The standard InChI is InChI=1S/C14H15FN2O3S/c1-2-17-7-8(14(19)20)13(18)11-10(21-6-5-16)4-3-9(15)12(11)17/h3-4,7H,2,5-6,16H2,1H3,(H,19,20). The van der Waals surface area contributed by atoms with Crippen molar-refractivity contribution in [3.63, 3.8) is 0 Å². The van der Waals surface area contributed by atoms with Crippen molar-refractivity contribution in [2.75, 3.05) is 12.3 Å². The zero-order valence-corrected chi connectivity index (χ0v) is 12.2. The molecule has 0 bridgehead atoms. The van der Waals surface area contributed by atoms with Crippen LogP contribution < -0.4 is 11.2 Å². The largest absolute Gasteiger partial charge is 0.477 e. The first-order valence-electron chi connectivity index (χ1n) is 6.43. The molecule has 0 fully saturated rings. The molecule has 1 aromatic heterocycles. The minimum absolute atomic E-state index is 0.107. The normalized spacial score (nSPS) is 11.0. The lowest BCUT2D eigenvalue weighted by atomic mass is 10.1. The summed E-state index contributed by atoms with van der Waals surface area (Å²) >= 11 is 1.31. The van der Waals surface area contributed by atoms with Crippen LogP contribution in [0.15, 0.2) is 28.0 Å². The lowest BCUT2D eigenvalue weighted by Gasteiger charge is -2.13. The molecule has 112 valence electrons. The highest BCUT2D eigenvalue weighted by Gasteiger charge is 2.19. The fraction of sp³-hybridized carbons (Fsp3) is 0.286. The van der Waals surface area contributed by atoms with Crippen LogP contribution in [0, 0.1) is 5.82 Å². The maximum atomic E-state index is 14.1. The van der Waals surface area contributed by atoms with Crippen LogP contribution in [0.4, 0.5) is 4.39 Å². The molecule has 3 N–H and O–H groups in total. The molecule has 5 nitrogen and oxygen atoms in total. The van der Waals surface area contributed by atoms with Gasteiger partial charge < -0.3 is 15.4 Å². The smallest absolute Gasteiger partial charge is 0.341 e. The monoisotopic (exact) mass is 310 g/mol. The van der Waals surface area contributed by atoms with Gasteiger partial charge in [-0.3, -0.25) is 4.79 Å². The van der Waals surface area contributed by atoms with E-state index in [-0.39, 0.29) is 16.5 Å². The zero-order chi connectivity index (χ0) is 15.6. The third-order valence-corrected chi connectivity index (χ3v) is 4.17. The highest BCUT2D eigenvalue weighted by molar-refractivity contribution is 7.99. The molecule has 0 aliphatic rings. The SMILES string of the molecule is CCn1cc(C(=O)O)c(=O)c2c(SCCN)ccc(F)c21. The number of rotatable bonds is 5. The van der Waals surface area contributed by atoms with Crippen LogP contribution >= 0.6 is 11.8 Å². The van der Waals surface area contributed by atoms with E-state index in [4.69, 9.17) is 10.8 Å². The van der Waals surface area contributed by atoms with Gasteiger partial charge in [-0.15, -0.1) is 11.8 Å². The van der Waals surface area contributed by atoms with Crippen LogP contribution in [0.1, 0.15) is 17.3 Å². The summed E-state index contributed by atoms with van der Waals surface area (Å²) in [4.78, 5) is 24.1. The summed E-state index contributed by atoms with van der Waals surface area (Å²) in [6.07, 6.45) is 1.19. The van der Waals surface area contributed by atoms with E-state index in [1.54, 1.807) is 6.92 Å². The molecule has 7 heteroatoms. The van der Waals surface area contributed by atoms with E-state index in [0.29, 0.717) is 23.7 Å². The van der Waals surface area contributed by atoms with Crippen molar-refractivity contribution in [1.29, 1.82) is 0 Å². The van der Waals surface area contributed by atoms with E-state index in [1.807, 2.05) is 0 Å². The van der Waals surface area contributed by atoms with Crippen LogP contribution in [0.3, 0.4) is 0 Å². The molecule has 0 spiro atoms. The molecule has 2 rings (SSSR count). The fourth-order valence-corrected chi connectivity index (χ4v) is 2.99. The van der Waals surface area contributed by atoms with Crippen molar-refractivity contribution in [1.82, 2.24) is 4.57 Å². The number of aromatic carboxylic acids is 1. The Morgan fingerprint density at radius 2 is 2.19 bits per heavy atom. The fourth-order valence-electron chi connectivity index (χ4n) is 2.15. The number of fused-ring (bicyclic) bond motifs is 1. The van der Waals surface area contributed by atoms with Crippen molar-refractivity contribution in [3.05, 3.63) is 39.9 Å². The molecule has 0 saturated carbocycles. The Kier molecular flexibility index (Phi) is 4.64. The number of thioether (sulfide) groups is 1. The van der Waals surface area contributed by atoms with Crippen molar-refractivity contribution in [2.24, 2.45) is 5.73 Å². The molecule has 0 aliphatic carbocycles. The zero-order valence-electron chi connectivity index (χ0n) is 11.4. The van der Waals surface area contributed by atoms with Gasteiger partial charge >= 0.3 is 5.97 Å². The minimum atomic E-state index is -1.32. The number of hydrogen-bond acceptors (Lipinski definition) is 4. The Morgan fingerprint density at radius 3 is 2.76 bits per heavy atom. The maximum Gasteiger partial charge on any atom is 0.341 e. The molecular weight excluding hydrogens is 295 g/mol. The minimum Gasteiger partial charge on any atom is -0.477 e. The first kappa shape index (κ1) is 15.5. The number of nitrogens with zero attached hydrogens (tertiary/aromatic N) is 1. The number of halogens is 1. The van der Waals surface area contributed by atoms with Crippen LogP contribution in [0.25, 0.3) is 10.9 Å². The Hall–Kier alpha value is -1.86. The van der Waals surface area contributed by atoms with Crippen LogP contribution in [0.5, 0.6) is 0 Å². The van der Waals surface area contributed by atoms with Gasteiger partial charge in [0.05, 0.1) is 10.9 Å². The Balaban J connectivity index is 2.89. The van der Waals surface area contributed by atoms with E-state index < -0.39 is 17.2 Å². The van der Waals surface area contributed by atoms with Gasteiger partial charge in [-0.1, -0.05) is 0 Å². The number of carboxylic acid groups (broad SMARTS) is 1. The average Bonchev–Trinajstić information content (AvgIpc) is 2.46. The third-order valence-electron chi connectivity index (χ3n) is 3.08. The number of carboxylic acids is 1. The molecule has 21 heavy (non-hydrogen) atoms. The summed E-state index contributed by atoms with van der Waals surface area (Å²) in [5.41, 5.74) is 4.56. The van der Waals surface area contributed by atoms with Crippen molar-refractivity contribution in [3.8, 4) is 0 Å². The number of aromatic nitrogens is 1. The molecule has 0 unspecified atom stereocenters. The summed E-state index contributed by atoms with van der Waals surface area (Å²) in [5, 5.41) is 9.25. The van der Waals surface area contributed by atoms with Gasteiger partial charge in [0.25, 0.3) is 0 Å². The van der Waals surface area contributed by atoms with Crippen molar-refractivity contribution < 1.29 is 14.3 Å². The number of hydrogen-bond donors (Lipinski definition) is 2. The molecule has 0 radical (unpaired) electrons. The Morgan fingerprint density at radius 1 is 1.48 bits per heavy atom. The molecular formula is C14H15FN2O3S. The van der Waals surface area contributed by atoms with E-state index in [0.717, 1.165) is 0 Å². The number of benzene rings is 1. The van der Waals surface area contributed by atoms with Gasteiger partial charge in [-0.25, -0.2) is 9.18 Å². The molecule has 1 heterocycles. The number of aryl methyl sites for hydroxylation is 1. The molecule has 1 aromatic carbocycles. The first-order chi connectivity index (χ1) is 10.0. The highest BCUT2D eigenvalue weighted by atomic mass is 32.2. The number of carbonyl (C=O) groups is 1. The Bertz CT molecular complexity index is 758. The second-order valence-corrected chi connectivity index (χ2v) is 5.51. The molecule has 0 atom stereocenters. The lowest BCUT2D eigenvalue weighted by molar-refractivity contribution is 0.0695. The highest BCUT2D eigenvalue weighted by Crippen LogP contribution is 2.28. The molecule has 0 saturated heterocycles. The first-order valence-corrected chi connectivity index (χ1v) is 7.41. The quantitative estimate of drug-likeness (QED) is 0.824. The van der Waals surface area contributed by atoms with Gasteiger partial charge in [0.2, 0.25) is 5.43 Å². The summed E-state index contributed by atoms with van der Waals surface area (Å²) in [6, 6.07) is 2.78. The van der Waals surface area contributed by atoms with Gasteiger partial charge in [0.1, 0.15) is 11.4 Å². The number of pyridine rings is 1. The van der Waals surface area contributed by atoms with Gasteiger partial charge in [-0.05, 0) is 19.1 Å². The topological polar surface area (TPSA) is 85.3 Å². The predicted octanol–water partition coefficient (Wildman–Crippen LogP) is 1.91. The molecule has 0 amide bonds. The lowest BCUT2D eigenvalue weighted by Crippen LogP contribution is -2.20. The summed E-state index contributed by atoms with van der Waals surface area (Å²) in [7, 11) is 0. The van der Waals surface area contributed by atoms with Crippen LogP contribution in [-0.2, 0) is 6.54 Å².